The topological polar surface area (TPSA) is 76.4 Å². The van der Waals surface area contributed by atoms with Crippen LogP contribution in [0.5, 0.6) is 5.75 Å². The number of hydrogen-bond donors (Lipinski definition) is 3. The van der Waals surface area contributed by atoms with E-state index in [0.717, 1.165) is 17.7 Å². The lowest BCUT2D eigenvalue weighted by Crippen LogP contribution is -2.35. The Balaban J connectivity index is 1.68. The number of urea groups is 1. The molecule has 5 nitrogen and oxygen atoms in total. The number of carbonyl (C=O) groups excluding carboxylic acids is 1. The summed E-state index contributed by atoms with van der Waals surface area (Å²) >= 11 is 0. The molecular formula is C16H17N3O2. The first-order valence-electron chi connectivity index (χ1n) is 6.87. The van der Waals surface area contributed by atoms with Gasteiger partial charge in [-0.15, -0.1) is 0 Å². The predicted octanol–water partition coefficient (Wildman–Crippen LogP) is 2.91. The zero-order chi connectivity index (χ0) is 14.7. The van der Waals surface area contributed by atoms with Crippen LogP contribution in [-0.2, 0) is 0 Å². The molecule has 21 heavy (non-hydrogen) atoms. The van der Waals surface area contributed by atoms with Crippen molar-refractivity contribution in [3.8, 4) is 5.75 Å². The highest BCUT2D eigenvalue weighted by Crippen LogP contribution is 2.31. The van der Waals surface area contributed by atoms with E-state index in [2.05, 4.69) is 10.6 Å². The van der Waals surface area contributed by atoms with Crippen LogP contribution in [0.15, 0.2) is 48.5 Å². The summed E-state index contributed by atoms with van der Waals surface area (Å²) in [6.45, 7) is 0.597. The molecule has 0 fully saturated rings. The van der Waals surface area contributed by atoms with E-state index >= 15 is 0 Å². The average molecular weight is 283 g/mol. The zero-order valence-electron chi connectivity index (χ0n) is 11.5. The molecule has 0 saturated carbocycles. The molecule has 1 aliphatic rings. The number of ether oxygens (including phenoxy) is 1. The standard InChI is InChI=1S/C16H17N3O2/c17-11-4-3-5-12(10-11)18-16(20)19-14-8-9-21-15-7-2-1-6-13(14)15/h1-7,10,14H,8-9,17H2,(H2,18,19,20). The maximum absolute atomic E-state index is 12.1. The van der Waals surface area contributed by atoms with E-state index in [1.807, 2.05) is 24.3 Å². The quantitative estimate of drug-likeness (QED) is 0.742. The van der Waals surface area contributed by atoms with Crippen molar-refractivity contribution >= 4 is 17.4 Å². The Morgan fingerprint density at radius 1 is 1.19 bits per heavy atom. The van der Waals surface area contributed by atoms with Crippen LogP contribution in [0, 0.1) is 0 Å². The van der Waals surface area contributed by atoms with Gasteiger partial charge < -0.3 is 21.1 Å². The Hall–Kier alpha value is -2.69. The molecule has 4 N–H and O–H groups in total. The molecule has 0 spiro atoms. The van der Waals surface area contributed by atoms with E-state index in [1.165, 1.54) is 0 Å². The zero-order valence-corrected chi connectivity index (χ0v) is 11.5. The summed E-state index contributed by atoms with van der Waals surface area (Å²) in [6, 6.07) is 14.6. The molecule has 0 saturated heterocycles. The van der Waals surface area contributed by atoms with Crippen LogP contribution in [0.25, 0.3) is 0 Å². The van der Waals surface area contributed by atoms with Crippen molar-refractivity contribution in [2.75, 3.05) is 17.7 Å². The second-order valence-corrected chi connectivity index (χ2v) is 4.95. The lowest BCUT2D eigenvalue weighted by molar-refractivity contribution is 0.232. The lowest BCUT2D eigenvalue weighted by Gasteiger charge is -2.26. The number of hydrogen-bond acceptors (Lipinski definition) is 3. The molecule has 1 unspecified atom stereocenters. The van der Waals surface area contributed by atoms with Crippen molar-refractivity contribution < 1.29 is 9.53 Å². The van der Waals surface area contributed by atoms with Crippen LogP contribution >= 0.6 is 0 Å². The fraction of sp³-hybridized carbons (Fsp3) is 0.188. The molecule has 2 amide bonds. The maximum Gasteiger partial charge on any atom is 0.319 e. The smallest absolute Gasteiger partial charge is 0.319 e. The molecule has 2 aromatic carbocycles. The third-order valence-electron chi connectivity index (χ3n) is 3.41. The Bertz CT molecular complexity index is 657. The van der Waals surface area contributed by atoms with E-state index in [1.54, 1.807) is 24.3 Å². The fourth-order valence-electron chi connectivity index (χ4n) is 2.43. The number of rotatable bonds is 2. The number of nitrogens with two attached hydrogens (primary N) is 1. The number of anilines is 2. The Kier molecular flexibility index (Phi) is 3.64. The molecule has 0 radical (unpaired) electrons. The first kappa shape index (κ1) is 13.3. The van der Waals surface area contributed by atoms with E-state index in [4.69, 9.17) is 10.5 Å². The van der Waals surface area contributed by atoms with Gasteiger partial charge >= 0.3 is 6.03 Å². The summed E-state index contributed by atoms with van der Waals surface area (Å²) < 4.78 is 5.58. The van der Waals surface area contributed by atoms with Gasteiger partial charge in [-0.05, 0) is 24.3 Å². The summed E-state index contributed by atoms with van der Waals surface area (Å²) in [6.07, 6.45) is 0.751. The average Bonchev–Trinajstić information content (AvgIpc) is 2.47. The highest BCUT2D eigenvalue weighted by molar-refractivity contribution is 5.90. The van der Waals surface area contributed by atoms with Crippen molar-refractivity contribution in [1.29, 1.82) is 0 Å². The number of benzene rings is 2. The molecule has 1 atom stereocenters. The molecule has 3 rings (SSSR count). The van der Waals surface area contributed by atoms with Crippen LogP contribution in [0.1, 0.15) is 18.0 Å². The third-order valence-corrected chi connectivity index (χ3v) is 3.41. The van der Waals surface area contributed by atoms with E-state index in [0.29, 0.717) is 18.0 Å². The van der Waals surface area contributed by atoms with E-state index in [9.17, 15) is 4.79 Å². The molecule has 1 heterocycles. The molecular weight excluding hydrogens is 266 g/mol. The van der Waals surface area contributed by atoms with Gasteiger partial charge in [0, 0.05) is 23.4 Å². The first-order chi connectivity index (χ1) is 10.2. The molecule has 5 heteroatoms. The minimum atomic E-state index is -0.248. The summed E-state index contributed by atoms with van der Waals surface area (Å²) in [5, 5.41) is 5.76. The van der Waals surface area contributed by atoms with Crippen LogP contribution in [-0.4, -0.2) is 12.6 Å². The van der Waals surface area contributed by atoms with Gasteiger partial charge in [0.25, 0.3) is 0 Å². The summed E-state index contributed by atoms with van der Waals surface area (Å²) in [5.41, 5.74) is 7.99. The van der Waals surface area contributed by atoms with Crippen molar-refractivity contribution in [2.45, 2.75) is 12.5 Å². The second-order valence-electron chi connectivity index (χ2n) is 4.95. The van der Waals surface area contributed by atoms with Gasteiger partial charge in [-0.3, -0.25) is 0 Å². The maximum atomic E-state index is 12.1. The monoisotopic (exact) mass is 283 g/mol. The SMILES string of the molecule is Nc1cccc(NC(=O)NC2CCOc3ccccc32)c1. The van der Waals surface area contributed by atoms with Crippen LogP contribution in [0.4, 0.5) is 16.2 Å². The highest BCUT2D eigenvalue weighted by atomic mass is 16.5. The molecule has 0 aromatic heterocycles. The normalized spacial score (nSPS) is 16.5. The van der Waals surface area contributed by atoms with Crippen LogP contribution in [0.2, 0.25) is 0 Å². The number of para-hydroxylation sites is 1. The third kappa shape index (κ3) is 3.08. The minimum absolute atomic E-state index is 0.0454. The molecule has 0 aliphatic carbocycles. The summed E-state index contributed by atoms with van der Waals surface area (Å²) in [7, 11) is 0. The Labute approximate surface area is 123 Å². The molecule has 108 valence electrons. The Morgan fingerprint density at radius 2 is 2.05 bits per heavy atom. The molecule has 0 bridgehead atoms. The van der Waals surface area contributed by atoms with E-state index in [-0.39, 0.29) is 12.1 Å². The van der Waals surface area contributed by atoms with Gasteiger partial charge in [0.2, 0.25) is 0 Å². The highest BCUT2D eigenvalue weighted by Gasteiger charge is 2.22. The predicted molar refractivity (Wildman–Crippen MR) is 82.3 cm³/mol. The van der Waals surface area contributed by atoms with Crippen molar-refractivity contribution in [3.05, 3.63) is 54.1 Å². The van der Waals surface area contributed by atoms with Gasteiger partial charge in [-0.1, -0.05) is 24.3 Å². The van der Waals surface area contributed by atoms with Gasteiger partial charge in [-0.25, -0.2) is 4.79 Å². The molecule has 2 aromatic rings. The number of fused-ring (bicyclic) bond motifs is 1. The fourth-order valence-corrected chi connectivity index (χ4v) is 2.43. The number of nitrogens with one attached hydrogen (secondary N) is 2. The number of amides is 2. The van der Waals surface area contributed by atoms with Gasteiger partial charge in [0.05, 0.1) is 12.6 Å². The first-order valence-corrected chi connectivity index (χ1v) is 6.87. The van der Waals surface area contributed by atoms with E-state index < -0.39 is 0 Å². The lowest BCUT2D eigenvalue weighted by atomic mass is 10.0. The second kappa shape index (κ2) is 5.75. The van der Waals surface area contributed by atoms with Crippen LogP contribution < -0.4 is 21.1 Å². The molecule has 1 aliphatic heterocycles. The number of nitrogen functional groups attached to an aromatic ring is 1. The minimum Gasteiger partial charge on any atom is -0.493 e. The van der Waals surface area contributed by atoms with Crippen LogP contribution in [0.3, 0.4) is 0 Å². The largest absolute Gasteiger partial charge is 0.493 e. The van der Waals surface area contributed by atoms with Gasteiger partial charge in [0.1, 0.15) is 5.75 Å². The summed E-state index contributed by atoms with van der Waals surface area (Å²) in [5.74, 6) is 0.831. The summed E-state index contributed by atoms with van der Waals surface area (Å²) in [4.78, 5) is 12.1. The van der Waals surface area contributed by atoms with Crippen molar-refractivity contribution in [2.24, 2.45) is 0 Å². The number of carbonyl (C=O) groups is 1. The van der Waals surface area contributed by atoms with Crippen molar-refractivity contribution in [3.63, 3.8) is 0 Å². The Morgan fingerprint density at radius 3 is 2.90 bits per heavy atom. The van der Waals surface area contributed by atoms with Gasteiger partial charge in [-0.2, -0.15) is 0 Å². The van der Waals surface area contributed by atoms with Crippen molar-refractivity contribution in [1.82, 2.24) is 5.32 Å². The van der Waals surface area contributed by atoms with Gasteiger partial charge in [0.15, 0.2) is 0 Å².